The van der Waals surface area contributed by atoms with Gasteiger partial charge in [0.05, 0.1) is 0 Å². The summed E-state index contributed by atoms with van der Waals surface area (Å²) in [5.74, 6) is 2.83. The maximum absolute atomic E-state index is 11.1. The van der Waals surface area contributed by atoms with Crippen LogP contribution in [-0.4, -0.2) is 16.1 Å². The molecule has 4 heteroatoms. The van der Waals surface area contributed by atoms with Crippen molar-refractivity contribution in [2.24, 2.45) is 0 Å². The monoisotopic (exact) mass is 177 g/mol. The number of amides is 1. The normalized spacial score (nSPS) is 9.23. The molecule has 13 heavy (non-hydrogen) atoms. The molecule has 0 aliphatic carbocycles. The highest BCUT2D eigenvalue weighted by Crippen LogP contribution is 2.04. The molecule has 0 spiro atoms. The third-order valence-corrected chi connectivity index (χ3v) is 1.47. The van der Waals surface area contributed by atoms with Crippen molar-refractivity contribution in [2.75, 3.05) is 5.32 Å². The molecule has 68 valence electrons. The summed E-state index contributed by atoms with van der Waals surface area (Å²) >= 11 is 0. The van der Waals surface area contributed by atoms with Gasteiger partial charge in [0.2, 0.25) is 5.91 Å². The molecule has 0 saturated carbocycles. The summed E-state index contributed by atoms with van der Waals surface area (Å²) < 4.78 is 0. The van der Waals surface area contributed by atoms with Gasteiger partial charge in [0.15, 0.2) is 5.82 Å². The molecule has 0 saturated heterocycles. The van der Waals surface area contributed by atoms with Crippen LogP contribution >= 0.6 is 0 Å². The van der Waals surface area contributed by atoms with Crippen LogP contribution in [0.2, 0.25) is 0 Å². The highest BCUT2D eigenvalue weighted by molar-refractivity contribution is 5.89. The van der Waals surface area contributed by atoms with Gasteiger partial charge in [0.25, 0.3) is 0 Å². The predicted molar refractivity (Wildman–Crippen MR) is 50.0 cm³/mol. The summed E-state index contributed by atoms with van der Waals surface area (Å²) in [5, 5.41) is 9.20. The molecule has 1 amide bonds. The van der Waals surface area contributed by atoms with Crippen molar-refractivity contribution in [3.05, 3.63) is 11.8 Å². The Labute approximate surface area is 76.7 Å². The molecule has 1 aromatic rings. The van der Waals surface area contributed by atoms with Gasteiger partial charge in [-0.3, -0.25) is 9.89 Å². The van der Waals surface area contributed by atoms with Crippen molar-refractivity contribution in [1.29, 1.82) is 0 Å². The number of hydrogen-bond donors (Lipinski definition) is 2. The van der Waals surface area contributed by atoms with E-state index in [1.807, 2.05) is 6.92 Å². The topological polar surface area (TPSA) is 57.8 Å². The minimum absolute atomic E-state index is 0.107. The van der Waals surface area contributed by atoms with Crippen molar-refractivity contribution >= 4 is 11.7 Å². The number of H-pyrrole nitrogens is 1. The van der Waals surface area contributed by atoms with E-state index in [0.717, 1.165) is 5.69 Å². The first-order valence-corrected chi connectivity index (χ1v) is 3.97. The fraction of sp³-hybridized carbons (Fsp3) is 0.333. The fourth-order valence-electron chi connectivity index (χ4n) is 0.873. The number of aromatic amines is 1. The zero-order chi connectivity index (χ0) is 9.68. The third-order valence-electron chi connectivity index (χ3n) is 1.47. The Kier molecular flexibility index (Phi) is 3.09. The standard InChI is InChI=1S/C9H11N3O/c1-3-4-5-9(13)10-8-6-7(2)11-12-8/h1,6H,4-5H2,2H3,(H2,10,11,12,13). The lowest BCUT2D eigenvalue weighted by molar-refractivity contribution is -0.116. The van der Waals surface area contributed by atoms with Crippen molar-refractivity contribution in [2.45, 2.75) is 19.8 Å². The maximum atomic E-state index is 11.1. The minimum atomic E-state index is -0.107. The van der Waals surface area contributed by atoms with E-state index in [-0.39, 0.29) is 5.91 Å². The molecule has 0 aliphatic heterocycles. The SMILES string of the molecule is C#CCCC(=O)Nc1cc(C)[nH]n1. The number of aromatic nitrogens is 2. The van der Waals surface area contributed by atoms with Crippen LogP contribution in [0.25, 0.3) is 0 Å². The van der Waals surface area contributed by atoms with Crippen LogP contribution in [0.1, 0.15) is 18.5 Å². The third kappa shape index (κ3) is 2.99. The molecule has 0 atom stereocenters. The molecular formula is C9H11N3O. The number of nitrogens with one attached hydrogen (secondary N) is 2. The zero-order valence-corrected chi connectivity index (χ0v) is 7.42. The van der Waals surface area contributed by atoms with Gasteiger partial charge in [-0.05, 0) is 6.92 Å². The first kappa shape index (κ1) is 9.33. The zero-order valence-electron chi connectivity index (χ0n) is 7.42. The summed E-state index contributed by atoms with van der Waals surface area (Å²) in [5.41, 5.74) is 0.909. The number of carbonyl (C=O) groups excluding carboxylic acids is 1. The summed E-state index contributed by atoms with van der Waals surface area (Å²) in [4.78, 5) is 11.1. The lowest BCUT2D eigenvalue weighted by Gasteiger charge is -1.97. The van der Waals surface area contributed by atoms with Gasteiger partial charge in [-0.2, -0.15) is 5.10 Å². The van der Waals surface area contributed by atoms with Crippen LogP contribution in [0, 0.1) is 19.3 Å². The van der Waals surface area contributed by atoms with Gasteiger partial charge in [0.1, 0.15) is 0 Å². The summed E-state index contributed by atoms with van der Waals surface area (Å²) in [6, 6.07) is 1.76. The van der Waals surface area contributed by atoms with Crippen molar-refractivity contribution in [3.63, 3.8) is 0 Å². The van der Waals surface area contributed by atoms with E-state index in [9.17, 15) is 4.79 Å². The molecule has 0 aliphatic rings. The van der Waals surface area contributed by atoms with Gasteiger partial charge < -0.3 is 5.32 Å². The number of terminal acetylenes is 1. The molecule has 0 unspecified atom stereocenters. The Balaban J connectivity index is 2.41. The Bertz CT molecular complexity index is 335. The fourth-order valence-corrected chi connectivity index (χ4v) is 0.873. The second-order valence-corrected chi connectivity index (χ2v) is 2.69. The predicted octanol–water partition coefficient (Wildman–Crippen LogP) is 1.07. The van der Waals surface area contributed by atoms with Crippen molar-refractivity contribution in [3.8, 4) is 12.3 Å². The van der Waals surface area contributed by atoms with Gasteiger partial charge in [0, 0.05) is 24.6 Å². The van der Waals surface area contributed by atoms with E-state index in [1.165, 1.54) is 0 Å². The van der Waals surface area contributed by atoms with Gasteiger partial charge in [-0.25, -0.2) is 0 Å². The molecule has 0 bridgehead atoms. The van der Waals surface area contributed by atoms with Gasteiger partial charge >= 0.3 is 0 Å². The molecule has 0 fully saturated rings. The lowest BCUT2D eigenvalue weighted by atomic mass is 10.3. The van der Waals surface area contributed by atoms with Crippen LogP contribution in [0.5, 0.6) is 0 Å². The summed E-state index contributed by atoms with van der Waals surface area (Å²) in [6.45, 7) is 1.87. The average Bonchev–Trinajstić information content (AvgIpc) is 2.48. The molecule has 0 radical (unpaired) electrons. The Morgan fingerprint density at radius 3 is 3.15 bits per heavy atom. The maximum Gasteiger partial charge on any atom is 0.226 e. The molecule has 1 heterocycles. The Hall–Kier alpha value is -1.76. The highest BCUT2D eigenvalue weighted by atomic mass is 16.1. The number of anilines is 1. The molecule has 1 aromatic heterocycles. The molecule has 4 nitrogen and oxygen atoms in total. The van der Waals surface area contributed by atoms with Crippen molar-refractivity contribution in [1.82, 2.24) is 10.2 Å². The summed E-state index contributed by atoms with van der Waals surface area (Å²) in [6.07, 6.45) is 5.81. The number of carbonyl (C=O) groups is 1. The second-order valence-electron chi connectivity index (χ2n) is 2.69. The van der Waals surface area contributed by atoms with E-state index >= 15 is 0 Å². The molecule has 1 rings (SSSR count). The van der Waals surface area contributed by atoms with E-state index in [1.54, 1.807) is 6.07 Å². The van der Waals surface area contributed by atoms with E-state index in [4.69, 9.17) is 6.42 Å². The minimum Gasteiger partial charge on any atom is -0.309 e. The van der Waals surface area contributed by atoms with Crippen LogP contribution in [0.4, 0.5) is 5.82 Å². The largest absolute Gasteiger partial charge is 0.309 e. The first-order chi connectivity index (χ1) is 6.22. The lowest BCUT2D eigenvalue weighted by Crippen LogP contribution is -2.10. The Morgan fingerprint density at radius 1 is 1.85 bits per heavy atom. The summed E-state index contributed by atoms with van der Waals surface area (Å²) in [7, 11) is 0. The molecule has 0 aromatic carbocycles. The van der Waals surface area contributed by atoms with Crippen molar-refractivity contribution < 1.29 is 4.79 Å². The van der Waals surface area contributed by atoms with Gasteiger partial charge in [-0.1, -0.05) is 0 Å². The van der Waals surface area contributed by atoms with Crippen LogP contribution < -0.4 is 5.32 Å². The van der Waals surface area contributed by atoms with E-state index in [2.05, 4.69) is 21.4 Å². The molecular weight excluding hydrogens is 166 g/mol. The van der Waals surface area contributed by atoms with Crippen LogP contribution in [0.15, 0.2) is 6.07 Å². The first-order valence-electron chi connectivity index (χ1n) is 3.97. The molecule has 2 N–H and O–H groups in total. The quantitative estimate of drug-likeness (QED) is 0.678. The second kappa shape index (κ2) is 4.31. The van der Waals surface area contributed by atoms with Gasteiger partial charge in [-0.15, -0.1) is 12.3 Å². The highest BCUT2D eigenvalue weighted by Gasteiger charge is 2.02. The average molecular weight is 177 g/mol. The van der Waals surface area contributed by atoms with Crippen LogP contribution in [-0.2, 0) is 4.79 Å². The number of nitrogens with zero attached hydrogens (tertiary/aromatic N) is 1. The Morgan fingerprint density at radius 2 is 2.62 bits per heavy atom. The number of aryl methyl sites for hydroxylation is 1. The number of rotatable bonds is 3. The van der Waals surface area contributed by atoms with E-state index < -0.39 is 0 Å². The van der Waals surface area contributed by atoms with Crippen LogP contribution in [0.3, 0.4) is 0 Å². The number of hydrogen-bond acceptors (Lipinski definition) is 2. The smallest absolute Gasteiger partial charge is 0.226 e. The van der Waals surface area contributed by atoms with E-state index in [0.29, 0.717) is 18.7 Å².